The van der Waals surface area contributed by atoms with Crippen LogP contribution in [0.3, 0.4) is 0 Å². The summed E-state index contributed by atoms with van der Waals surface area (Å²) in [5.41, 5.74) is -0.649. The summed E-state index contributed by atoms with van der Waals surface area (Å²) in [5, 5.41) is 0. The molecule has 2 saturated carbocycles. The largest absolute Gasteiger partial charge is 0.462 e. The number of ether oxygens (including phenoxy) is 4. The summed E-state index contributed by atoms with van der Waals surface area (Å²) in [6, 6.07) is 0. The summed E-state index contributed by atoms with van der Waals surface area (Å²) < 4.78 is 24.0. The highest BCUT2D eigenvalue weighted by molar-refractivity contribution is 5.81. The molecule has 0 radical (unpaired) electrons. The van der Waals surface area contributed by atoms with Gasteiger partial charge in [-0.25, -0.2) is 9.59 Å². The van der Waals surface area contributed by atoms with Crippen molar-refractivity contribution in [3.8, 4) is 0 Å². The van der Waals surface area contributed by atoms with Gasteiger partial charge in [0.05, 0.1) is 37.6 Å². The molecule has 2 rings (SSSR count). The highest BCUT2D eigenvalue weighted by atomic mass is 16.6. The van der Waals surface area contributed by atoms with Crippen molar-refractivity contribution in [3.63, 3.8) is 0 Å². The van der Waals surface area contributed by atoms with Gasteiger partial charge in [-0.3, -0.25) is 0 Å². The van der Waals surface area contributed by atoms with E-state index in [1.165, 1.54) is 63.5 Å². The number of hydrogen-bond donors (Lipinski definition) is 0. The molecular weight excluding hydrogens is 456 g/mol. The minimum atomic E-state index is -0.393. The monoisotopic (exact) mass is 506 g/mol. The summed E-state index contributed by atoms with van der Waals surface area (Å²) in [4.78, 5) is 22.8. The molecule has 0 amide bonds. The van der Waals surface area contributed by atoms with Crippen LogP contribution >= 0.6 is 0 Å². The fraction of sp³-hybridized carbons (Fsp3) is 0.800. The van der Waals surface area contributed by atoms with Crippen molar-refractivity contribution in [2.24, 2.45) is 11.8 Å². The van der Waals surface area contributed by atoms with E-state index in [1.54, 1.807) is 0 Å². The Hall–Kier alpha value is -1.66. The molecule has 2 aliphatic rings. The van der Waals surface area contributed by atoms with E-state index < -0.39 is 11.9 Å². The Morgan fingerprint density at radius 1 is 0.694 bits per heavy atom. The third kappa shape index (κ3) is 9.02. The fourth-order valence-corrected chi connectivity index (χ4v) is 6.26. The molecular formula is C30H50O6. The molecule has 6 nitrogen and oxygen atoms in total. The van der Waals surface area contributed by atoms with Crippen molar-refractivity contribution < 1.29 is 28.5 Å². The van der Waals surface area contributed by atoms with E-state index in [9.17, 15) is 9.59 Å². The molecule has 0 aromatic rings. The number of rotatable bonds is 17. The topological polar surface area (TPSA) is 71.1 Å². The maximum atomic E-state index is 11.4. The maximum absolute atomic E-state index is 11.4. The van der Waals surface area contributed by atoms with E-state index in [0.717, 1.165) is 37.5 Å². The van der Waals surface area contributed by atoms with E-state index in [4.69, 9.17) is 18.9 Å². The second-order valence-corrected chi connectivity index (χ2v) is 10.6. The van der Waals surface area contributed by atoms with E-state index in [0.29, 0.717) is 39.3 Å². The first-order valence-electron chi connectivity index (χ1n) is 14.3. The van der Waals surface area contributed by atoms with Crippen LogP contribution in [0.2, 0.25) is 0 Å². The molecule has 0 saturated heterocycles. The Balaban J connectivity index is 2.13. The maximum Gasteiger partial charge on any atom is 0.330 e. The molecule has 0 aromatic heterocycles. The highest BCUT2D eigenvalue weighted by Gasteiger charge is 2.55. The first kappa shape index (κ1) is 30.6. The van der Waals surface area contributed by atoms with Gasteiger partial charge in [-0.05, 0) is 63.2 Å². The predicted octanol–water partition coefficient (Wildman–Crippen LogP) is 6.72. The van der Waals surface area contributed by atoms with Gasteiger partial charge in [-0.1, -0.05) is 52.7 Å². The van der Waals surface area contributed by atoms with E-state index >= 15 is 0 Å². The van der Waals surface area contributed by atoms with E-state index in [1.807, 2.05) is 0 Å². The Morgan fingerprint density at radius 3 is 1.36 bits per heavy atom. The molecule has 0 N–H and O–H groups in total. The summed E-state index contributed by atoms with van der Waals surface area (Å²) >= 11 is 0. The lowest BCUT2D eigenvalue weighted by atomic mass is 9.62. The van der Waals surface area contributed by atoms with Crippen molar-refractivity contribution >= 4 is 11.9 Å². The normalized spacial score (nSPS) is 28.3. The minimum Gasteiger partial charge on any atom is -0.462 e. The molecule has 206 valence electrons. The van der Waals surface area contributed by atoms with E-state index in [-0.39, 0.29) is 11.2 Å². The standard InChI is InChI=1S/C30H50O6/c1-5-11-25-13-17-29(18-14-25,35-23-9-21-33-27(31)7-3)30(19-15-26(12-6-2)16-20-30)36-24-10-22-34-28(32)8-4/h7-8,25-26H,3-6,9-24H2,1-2H3. The second kappa shape index (κ2) is 16.2. The number of hydrogen-bond acceptors (Lipinski definition) is 6. The second-order valence-electron chi connectivity index (χ2n) is 10.6. The van der Waals surface area contributed by atoms with Crippen LogP contribution in [0.4, 0.5) is 0 Å². The van der Waals surface area contributed by atoms with Crippen LogP contribution in [0.15, 0.2) is 25.3 Å². The van der Waals surface area contributed by atoms with Crippen LogP contribution in [0.1, 0.15) is 104 Å². The minimum absolute atomic E-state index is 0.325. The zero-order valence-corrected chi connectivity index (χ0v) is 22.9. The van der Waals surface area contributed by atoms with Gasteiger partial charge in [0, 0.05) is 25.0 Å². The molecule has 6 heteroatoms. The summed E-state index contributed by atoms with van der Waals surface area (Å²) in [5.74, 6) is 0.728. The zero-order valence-electron chi connectivity index (χ0n) is 22.9. The first-order valence-corrected chi connectivity index (χ1v) is 14.3. The molecule has 0 spiro atoms. The Bertz CT molecular complexity index is 613. The van der Waals surface area contributed by atoms with Crippen molar-refractivity contribution in [3.05, 3.63) is 25.3 Å². The van der Waals surface area contributed by atoms with Gasteiger partial charge < -0.3 is 18.9 Å². The van der Waals surface area contributed by atoms with Crippen LogP contribution < -0.4 is 0 Å². The molecule has 0 unspecified atom stereocenters. The first-order chi connectivity index (χ1) is 17.4. The average molecular weight is 507 g/mol. The van der Waals surface area contributed by atoms with Crippen molar-refractivity contribution in [2.75, 3.05) is 26.4 Å². The molecule has 0 bridgehead atoms. The molecule has 2 aliphatic carbocycles. The molecule has 0 aromatic carbocycles. The zero-order chi connectivity index (χ0) is 26.3. The quantitative estimate of drug-likeness (QED) is 0.124. The SMILES string of the molecule is C=CC(=O)OCCCOC1(C2(OCCCOC(=O)C=C)CCC(CCC)CC2)CCC(CCC)CC1. The predicted molar refractivity (Wildman–Crippen MR) is 143 cm³/mol. The van der Waals surface area contributed by atoms with Gasteiger partial charge in [0.25, 0.3) is 0 Å². The third-order valence-corrected chi connectivity index (χ3v) is 8.21. The molecule has 2 fully saturated rings. The highest BCUT2D eigenvalue weighted by Crippen LogP contribution is 2.52. The fourth-order valence-electron chi connectivity index (χ4n) is 6.26. The van der Waals surface area contributed by atoms with Gasteiger partial charge >= 0.3 is 11.9 Å². The molecule has 36 heavy (non-hydrogen) atoms. The molecule has 0 atom stereocenters. The average Bonchev–Trinajstić information content (AvgIpc) is 2.90. The Labute approximate surface area is 219 Å². The summed E-state index contributed by atoms with van der Waals surface area (Å²) in [6.45, 7) is 13.2. The molecule has 0 aliphatic heterocycles. The van der Waals surface area contributed by atoms with Gasteiger partial charge in [0.15, 0.2) is 0 Å². The third-order valence-electron chi connectivity index (χ3n) is 8.21. The Kier molecular flexibility index (Phi) is 13.8. The van der Waals surface area contributed by atoms with Crippen LogP contribution in [0.5, 0.6) is 0 Å². The Morgan fingerprint density at radius 2 is 1.06 bits per heavy atom. The van der Waals surface area contributed by atoms with Gasteiger partial charge in [-0.15, -0.1) is 0 Å². The van der Waals surface area contributed by atoms with E-state index in [2.05, 4.69) is 27.0 Å². The smallest absolute Gasteiger partial charge is 0.330 e. The van der Waals surface area contributed by atoms with Gasteiger partial charge in [0.2, 0.25) is 0 Å². The summed E-state index contributed by atoms with van der Waals surface area (Å²) in [7, 11) is 0. The lowest BCUT2D eigenvalue weighted by molar-refractivity contribution is -0.242. The lowest BCUT2D eigenvalue weighted by Gasteiger charge is -2.55. The van der Waals surface area contributed by atoms with Crippen LogP contribution in [0.25, 0.3) is 0 Å². The van der Waals surface area contributed by atoms with Crippen LogP contribution in [-0.4, -0.2) is 49.6 Å². The van der Waals surface area contributed by atoms with Crippen LogP contribution in [0, 0.1) is 11.8 Å². The van der Waals surface area contributed by atoms with Crippen molar-refractivity contribution in [1.29, 1.82) is 0 Å². The summed E-state index contributed by atoms with van der Waals surface area (Å²) in [6.07, 6.45) is 17.4. The lowest BCUT2D eigenvalue weighted by Crippen LogP contribution is -2.60. The van der Waals surface area contributed by atoms with Gasteiger partial charge in [-0.2, -0.15) is 0 Å². The van der Waals surface area contributed by atoms with Crippen LogP contribution in [-0.2, 0) is 28.5 Å². The number of esters is 2. The van der Waals surface area contributed by atoms with Crippen molar-refractivity contribution in [1.82, 2.24) is 0 Å². The number of carbonyl (C=O) groups excluding carboxylic acids is 2. The number of carbonyl (C=O) groups is 2. The van der Waals surface area contributed by atoms with Crippen molar-refractivity contribution in [2.45, 2.75) is 115 Å². The van der Waals surface area contributed by atoms with Gasteiger partial charge in [0.1, 0.15) is 0 Å². The molecule has 0 heterocycles.